The van der Waals surface area contributed by atoms with Crippen molar-refractivity contribution in [3.8, 4) is 0 Å². The van der Waals surface area contributed by atoms with Crippen LogP contribution >= 0.6 is 11.6 Å². The number of halogens is 1. The van der Waals surface area contributed by atoms with Crippen molar-refractivity contribution in [2.45, 2.75) is 19.8 Å². The van der Waals surface area contributed by atoms with E-state index in [9.17, 15) is 4.79 Å². The highest BCUT2D eigenvalue weighted by atomic mass is 35.5. The van der Waals surface area contributed by atoms with Gasteiger partial charge in [0, 0.05) is 22.4 Å². The standard InChI is InChI=1S/C14H13ClO/c1-2-5-14(16)12-8-3-7-11-10(12)6-4-9-13(11)15/h3-4,6-9H,2,5H2,1H3. The molecule has 82 valence electrons. The fourth-order valence-corrected chi connectivity index (χ4v) is 2.11. The van der Waals surface area contributed by atoms with Gasteiger partial charge in [-0.25, -0.2) is 0 Å². The van der Waals surface area contributed by atoms with E-state index >= 15 is 0 Å². The Kier molecular flexibility index (Phi) is 3.25. The number of fused-ring (bicyclic) bond motifs is 1. The van der Waals surface area contributed by atoms with Crippen molar-refractivity contribution in [2.75, 3.05) is 0 Å². The molecule has 0 N–H and O–H groups in total. The van der Waals surface area contributed by atoms with E-state index in [0.717, 1.165) is 22.8 Å². The van der Waals surface area contributed by atoms with Gasteiger partial charge in [0.1, 0.15) is 0 Å². The van der Waals surface area contributed by atoms with Gasteiger partial charge in [-0.15, -0.1) is 0 Å². The Hall–Kier alpha value is -1.34. The first kappa shape index (κ1) is 11.2. The number of carbonyl (C=O) groups excluding carboxylic acids is 1. The average Bonchev–Trinajstić information content (AvgIpc) is 2.29. The number of ketones is 1. The van der Waals surface area contributed by atoms with Crippen LogP contribution in [0.4, 0.5) is 0 Å². The summed E-state index contributed by atoms with van der Waals surface area (Å²) in [5.74, 6) is 0.190. The zero-order valence-corrected chi connectivity index (χ0v) is 9.92. The smallest absolute Gasteiger partial charge is 0.163 e. The van der Waals surface area contributed by atoms with Crippen molar-refractivity contribution >= 4 is 28.2 Å². The molecule has 16 heavy (non-hydrogen) atoms. The molecule has 0 saturated carbocycles. The molecule has 0 atom stereocenters. The highest BCUT2D eigenvalue weighted by Gasteiger charge is 2.09. The molecule has 0 aliphatic rings. The first-order valence-corrected chi connectivity index (χ1v) is 5.82. The Bertz CT molecular complexity index is 531. The molecular weight excluding hydrogens is 220 g/mol. The Labute approximate surface area is 100 Å². The van der Waals surface area contributed by atoms with Crippen LogP contribution in [0.25, 0.3) is 10.8 Å². The van der Waals surface area contributed by atoms with E-state index in [-0.39, 0.29) is 5.78 Å². The fraction of sp³-hybridized carbons (Fsp3) is 0.214. The summed E-state index contributed by atoms with van der Waals surface area (Å²) in [7, 11) is 0. The lowest BCUT2D eigenvalue weighted by Crippen LogP contribution is -1.98. The Morgan fingerprint density at radius 2 is 1.81 bits per heavy atom. The lowest BCUT2D eigenvalue weighted by Gasteiger charge is -2.06. The zero-order valence-electron chi connectivity index (χ0n) is 9.16. The molecule has 1 nitrogen and oxygen atoms in total. The minimum atomic E-state index is 0.190. The molecule has 0 unspecified atom stereocenters. The quantitative estimate of drug-likeness (QED) is 0.714. The molecule has 2 heteroatoms. The van der Waals surface area contributed by atoms with Gasteiger partial charge in [0.25, 0.3) is 0 Å². The van der Waals surface area contributed by atoms with Gasteiger partial charge in [-0.1, -0.05) is 48.9 Å². The van der Waals surface area contributed by atoms with Gasteiger partial charge in [0.05, 0.1) is 0 Å². The molecule has 0 amide bonds. The number of hydrogen-bond donors (Lipinski definition) is 0. The van der Waals surface area contributed by atoms with E-state index in [1.54, 1.807) is 0 Å². The van der Waals surface area contributed by atoms with E-state index in [2.05, 4.69) is 0 Å². The summed E-state index contributed by atoms with van der Waals surface area (Å²) in [4.78, 5) is 11.9. The van der Waals surface area contributed by atoms with E-state index in [0.29, 0.717) is 11.4 Å². The average molecular weight is 233 g/mol. The molecule has 0 heterocycles. The largest absolute Gasteiger partial charge is 0.294 e. The second-order valence-electron chi connectivity index (χ2n) is 3.81. The monoisotopic (exact) mass is 232 g/mol. The van der Waals surface area contributed by atoms with Crippen LogP contribution in [0.2, 0.25) is 5.02 Å². The molecule has 2 aromatic rings. The number of Topliss-reactive ketones (excluding diaryl/α,β-unsaturated/α-hetero) is 1. The summed E-state index contributed by atoms with van der Waals surface area (Å²) in [6.45, 7) is 2.01. The lowest BCUT2D eigenvalue weighted by atomic mass is 9.99. The molecule has 0 radical (unpaired) electrons. The third-order valence-electron chi connectivity index (χ3n) is 2.65. The molecule has 0 saturated heterocycles. The Balaban J connectivity index is 2.62. The highest BCUT2D eigenvalue weighted by Crippen LogP contribution is 2.26. The van der Waals surface area contributed by atoms with Gasteiger partial charge in [-0.3, -0.25) is 4.79 Å². The lowest BCUT2D eigenvalue weighted by molar-refractivity contribution is 0.0983. The van der Waals surface area contributed by atoms with Gasteiger partial charge in [-0.2, -0.15) is 0 Å². The molecule has 2 aromatic carbocycles. The molecule has 0 fully saturated rings. The predicted molar refractivity (Wildman–Crippen MR) is 68.2 cm³/mol. The molecule has 0 aliphatic carbocycles. The van der Waals surface area contributed by atoms with Crippen LogP contribution in [0.5, 0.6) is 0 Å². The Morgan fingerprint density at radius 3 is 2.56 bits per heavy atom. The van der Waals surface area contributed by atoms with Crippen LogP contribution in [0.3, 0.4) is 0 Å². The van der Waals surface area contributed by atoms with Crippen molar-refractivity contribution < 1.29 is 4.79 Å². The van der Waals surface area contributed by atoms with E-state index in [1.807, 2.05) is 43.3 Å². The van der Waals surface area contributed by atoms with Gasteiger partial charge >= 0.3 is 0 Å². The summed E-state index contributed by atoms with van der Waals surface area (Å²) >= 11 is 6.10. The molecule has 0 aliphatic heterocycles. The Morgan fingerprint density at radius 1 is 1.12 bits per heavy atom. The number of carbonyl (C=O) groups is 1. The summed E-state index contributed by atoms with van der Waals surface area (Å²) in [5.41, 5.74) is 0.779. The van der Waals surface area contributed by atoms with Crippen molar-refractivity contribution in [3.63, 3.8) is 0 Å². The SMILES string of the molecule is CCCC(=O)c1cccc2c(Cl)cccc12. The summed E-state index contributed by atoms with van der Waals surface area (Å²) in [6.07, 6.45) is 1.46. The molecule has 0 bridgehead atoms. The first-order chi connectivity index (χ1) is 7.74. The fourth-order valence-electron chi connectivity index (χ4n) is 1.88. The van der Waals surface area contributed by atoms with Crippen LogP contribution in [0, 0.1) is 0 Å². The third kappa shape index (κ3) is 1.96. The highest BCUT2D eigenvalue weighted by molar-refractivity contribution is 6.36. The van der Waals surface area contributed by atoms with E-state index in [4.69, 9.17) is 11.6 Å². The van der Waals surface area contributed by atoms with E-state index < -0.39 is 0 Å². The van der Waals surface area contributed by atoms with Gasteiger partial charge in [-0.05, 0) is 17.9 Å². The van der Waals surface area contributed by atoms with Gasteiger partial charge in [0.2, 0.25) is 0 Å². The maximum absolute atomic E-state index is 11.9. The number of rotatable bonds is 3. The maximum atomic E-state index is 11.9. The second kappa shape index (κ2) is 4.67. The topological polar surface area (TPSA) is 17.1 Å². The van der Waals surface area contributed by atoms with Crippen LogP contribution in [0.1, 0.15) is 30.1 Å². The van der Waals surface area contributed by atoms with Crippen molar-refractivity contribution in [1.29, 1.82) is 0 Å². The van der Waals surface area contributed by atoms with E-state index in [1.165, 1.54) is 0 Å². The predicted octanol–water partition coefficient (Wildman–Crippen LogP) is 4.48. The zero-order chi connectivity index (χ0) is 11.5. The number of hydrogen-bond acceptors (Lipinski definition) is 1. The molecular formula is C14H13ClO. The van der Waals surface area contributed by atoms with Crippen LogP contribution in [-0.2, 0) is 0 Å². The van der Waals surface area contributed by atoms with Crippen molar-refractivity contribution in [1.82, 2.24) is 0 Å². The minimum absolute atomic E-state index is 0.190. The normalized spacial score (nSPS) is 10.6. The summed E-state index contributed by atoms with van der Waals surface area (Å²) < 4.78 is 0. The van der Waals surface area contributed by atoms with Crippen molar-refractivity contribution in [3.05, 3.63) is 47.0 Å². The second-order valence-corrected chi connectivity index (χ2v) is 4.22. The molecule has 0 spiro atoms. The molecule has 0 aromatic heterocycles. The summed E-state index contributed by atoms with van der Waals surface area (Å²) in [5, 5.41) is 2.60. The summed E-state index contributed by atoms with van der Waals surface area (Å²) in [6, 6.07) is 11.4. The third-order valence-corrected chi connectivity index (χ3v) is 2.98. The van der Waals surface area contributed by atoms with Gasteiger partial charge in [0.15, 0.2) is 5.78 Å². The maximum Gasteiger partial charge on any atom is 0.163 e. The number of benzene rings is 2. The van der Waals surface area contributed by atoms with Crippen LogP contribution < -0.4 is 0 Å². The minimum Gasteiger partial charge on any atom is -0.294 e. The van der Waals surface area contributed by atoms with Crippen LogP contribution in [-0.4, -0.2) is 5.78 Å². The molecule has 2 rings (SSSR count). The van der Waals surface area contributed by atoms with Crippen molar-refractivity contribution in [2.24, 2.45) is 0 Å². The van der Waals surface area contributed by atoms with Gasteiger partial charge < -0.3 is 0 Å². The van der Waals surface area contributed by atoms with Crippen LogP contribution in [0.15, 0.2) is 36.4 Å². The first-order valence-electron chi connectivity index (χ1n) is 5.44.